The minimum Gasteiger partial charge on any atom is -0.406 e. The zero-order chi connectivity index (χ0) is 19.4. The molecule has 0 aliphatic heterocycles. The van der Waals surface area contributed by atoms with Gasteiger partial charge in [0.15, 0.2) is 0 Å². The number of anilines is 1. The van der Waals surface area contributed by atoms with Gasteiger partial charge in [-0.3, -0.25) is 10.1 Å². The monoisotopic (exact) mass is 440 g/mol. The lowest BCUT2D eigenvalue weighted by Gasteiger charge is -2.09. The molecule has 1 amide bonds. The maximum absolute atomic E-state index is 12.1. The largest absolute Gasteiger partial charge is 0.573 e. The molecule has 0 atom stereocenters. The van der Waals surface area contributed by atoms with Crippen LogP contribution in [0.5, 0.6) is 5.75 Å². The summed E-state index contributed by atoms with van der Waals surface area (Å²) in [5.41, 5.74) is 1.15. The van der Waals surface area contributed by atoms with Gasteiger partial charge in [0.05, 0.1) is 6.54 Å². The van der Waals surface area contributed by atoms with Gasteiger partial charge in [-0.1, -0.05) is 28.1 Å². The number of aromatic nitrogens is 3. The van der Waals surface area contributed by atoms with Gasteiger partial charge in [0.25, 0.3) is 5.91 Å². The quantitative estimate of drug-likeness (QED) is 0.644. The maximum atomic E-state index is 12.1. The van der Waals surface area contributed by atoms with E-state index in [0.717, 1.165) is 22.2 Å². The molecule has 0 fully saturated rings. The molecule has 0 bridgehead atoms. The number of halogens is 4. The van der Waals surface area contributed by atoms with E-state index >= 15 is 0 Å². The molecule has 2 aromatic carbocycles. The first kappa shape index (κ1) is 18.9. The van der Waals surface area contributed by atoms with E-state index in [1.807, 2.05) is 24.3 Å². The van der Waals surface area contributed by atoms with Gasteiger partial charge in [-0.15, -0.1) is 18.3 Å². The molecule has 0 saturated carbocycles. The fourth-order valence-corrected chi connectivity index (χ4v) is 2.45. The number of nitrogens with zero attached hydrogens (tertiary/aromatic N) is 3. The molecule has 10 heteroatoms. The van der Waals surface area contributed by atoms with Crippen molar-refractivity contribution in [3.63, 3.8) is 0 Å². The van der Waals surface area contributed by atoms with E-state index in [0.29, 0.717) is 6.54 Å². The van der Waals surface area contributed by atoms with Crippen molar-refractivity contribution in [2.75, 3.05) is 5.32 Å². The predicted molar refractivity (Wildman–Crippen MR) is 94.3 cm³/mol. The van der Waals surface area contributed by atoms with Crippen LogP contribution in [0.3, 0.4) is 0 Å². The minimum absolute atomic E-state index is 0.0905. The first-order valence-corrected chi connectivity index (χ1v) is 8.39. The van der Waals surface area contributed by atoms with Crippen LogP contribution in [0.1, 0.15) is 15.9 Å². The van der Waals surface area contributed by atoms with Gasteiger partial charge in [0.1, 0.15) is 12.1 Å². The van der Waals surface area contributed by atoms with Gasteiger partial charge in [-0.25, -0.2) is 9.67 Å². The van der Waals surface area contributed by atoms with Crippen LogP contribution in [-0.4, -0.2) is 27.0 Å². The highest BCUT2D eigenvalue weighted by molar-refractivity contribution is 9.10. The fourth-order valence-electron chi connectivity index (χ4n) is 2.19. The first-order chi connectivity index (χ1) is 12.8. The van der Waals surface area contributed by atoms with Gasteiger partial charge >= 0.3 is 6.36 Å². The number of carbonyl (C=O) groups is 1. The van der Waals surface area contributed by atoms with Crippen LogP contribution in [0.15, 0.2) is 59.3 Å². The van der Waals surface area contributed by atoms with Crippen molar-refractivity contribution in [1.82, 2.24) is 14.8 Å². The van der Waals surface area contributed by atoms with E-state index in [2.05, 4.69) is 36.1 Å². The Bertz CT molecular complexity index is 925. The molecule has 0 unspecified atom stereocenters. The maximum Gasteiger partial charge on any atom is 0.573 e. The van der Waals surface area contributed by atoms with E-state index in [-0.39, 0.29) is 11.5 Å². The van der Waals surface area contributed by atoms with Crippen LogP contribution in [0.2, 0.25) is 0 Å². The van der Waals surface area contributed by atoms with Crippen LogP contribution in [0.25, 0.3) is 0 Å². The molecule has 1 N–H and O–H groups in total. The highest BCUT2D eigenvalue weighted by Crippen LogP contribution is 2.23. The van der Waals surface area contributed by atoms with Crippen LogP contribution in [0, 0.1) is 0 Å². The van der Waals surface area contributed by atoms with Crippen molar-refractivity contribution in [3.8, 4) is 5.75 Å². The highest BCUT2D eigenvalue weighted by Gasteiger charge is 2.31. The lowest BCUT2D eigenvalue weighted by atomic mass is 10.2. The summed E-state index contributed by atoms with van der Waals surface area (Å²) in [6.45, 7) is 0.472. The summed E-state index contributed by atoms with van der Waals surface area (Å²) < 4.78 is 42.7. The molecule has 0 spiro atoms. The summed E-state index contributed by atoms with van der Waals surface area (Å²) in [6.07, 6.45) is -3.31. The molecular formula is C17H12BrF3N4O2. The second kappa shape index (κ2) is 7.78. The smallest absolute Gasteiger partial charge is 0.406 e. The van der Waals surface area contributed by atoms with E-state index < -0.39 is 18.0 Å². The number of hydrogen-bond acceptors (Lipinski definition) is 4. The molecule has 3 rings (SSSR count). The Morgan fingerprint density at radius 2 is 1.78 bits per heavy atom. The predicted octanol–water partition coefficient (Wildman–Crippen LogP) is 4.24. The number of nitrogens with one attached hydrogen (secondary N) is 1. The Balaban J connectivity index is 1.61. The Kier molecular flexibility index (Phi) is 5.45. The van der Waals surface area contributed by atoms with Gasteiger partial charge < -0.3 is 4.74 Å². The van der Waals surface area contributed by atoms with Crippen molar-refractivity contribution in [1.29, 1.82) is 0 Å². The SMILES string of the molecule is O=C(Nc1ncn(Cc2ccc(Br)cc2)n1)c1ccc(OC(F)(F)F)cc1. The lowest BCUT2D eigenvalue weighted by molar-refractivity contribution is -0.274. The topological polar surface area (TPSA) is 69.0 Å². The summed E-state index contributed by atoms with van der Waals surface area (Å²) in [4.78, 5) is 16.1. The molecule has 140 valence electrons. The van der Waals surface area contributed by atoms with E-state index in [4.69, 9.17) is 0 Å². The third-order valence-electron chi connectivity index (χ3n) is 3.37. The molecule has 3 aromatic rings. The van der Waals surface area contributed by atoms with Gasteiger partial charge in [0.2, 0.25) is 5.95 Å². The number of alkyl halides is 3. The third kappa shape index (κ3) is 5.55. The molecule has 1 heterocycles. The summed E-state index contributed by atoms with van der Waals surface area (Å²) in [5.74, 6) is -0.862. The average Bonchev–Trinajstić information content (AvgIpc) is 3.03. The number of carbonyl (C=O) groups excluding carboxylic acids is 1. The van der Waals surface area contributed by atoms with E-state index in [9.17, 15) is 18.0 Å². The highest BCUT2D eigenvalue weighted by atomic mass is 79.9. The van der Waals surface area contributed by atoms with E-state index in [1.54, 1.807) is 4.68 Å². The molecule has 6 nitrogen and oxygen atoms in total. The number of benzene rings is 2. The molecule has 0 saturated heterocycles. The van der Waals surface area contributed by atoms with Gasteiger partial charge in [-0.05, 0) is 42.0 Å². The molecule has 27 heavy (non-hydrogen) atoms. The number of rotatable bonds is 5. The summed E-state index contributed by atoms with van der Waals surface area (Å²) in [5, 5.41) is 6.64. The fraction of sp³-hybridized carbons (Fsp3) is 0.118. The molecule has 1 aromatic heterocycles. The first-order valence-electron chi connectivity index (χ1n) is 7.59. The van der Waals surface area contributed by atoms with E-state index in [1.165, 1.54) is 18.5 Å². The molecule has 0 radical (unpaired) electrons. The number of hydrogen-bond donors (Lipinski definition) is 1. The van der Waals surface area contributed by atoms with Crippen molar-refractivity contribution in [3.05, 3.63) is 70.5 Å². The van der Waals surface area contributed by atoms with Gasteiger partial charge in [-0.2, -0.15) is 0 Å². The van der Waals surface area contributed by atoms with Crippen LogP contribution < -0.4 is 10.1 Å². The Hall–Kier alpha value is -2.88. The van der Waals surface area contributed by atoms with Gasteiger partial charge in [0, 0.05) is 10.0 Å². The lowest BCUT2D eigenvalue weighted by Crippen LogP contribution is -2.17. The molecule has 0 aliphatic carbocycles. The van der Waals surface area contributed by atoms with Crippen molar-refractivity contribution < 1.29 is 22.7 Å². The second-order valence-corrected chi connectivity index (χ2v) is 6.33. The molecule has 0 aliphatic rings. The van der Waals surface area contributed by atoms with Crippen molar-refractivity contribution in [2.45, 2.75) is 12.9 Å². The Morgan fingerprint density at radius 1 is 1.11 bits per heavy atom. The standard InChI is InChI=1S/C17H12BrF3N4O2/c18-13-5-1-11(2-6-13)9-25-10-22-16(24-25)23-15(26)12-3-7-14(8-4-12)27-17(19,20)21/h1-8,10H,9H2,(H,23,24,26). The van der Waals surface area contributed by atoms with Crippen LogP contribution in [0.4, 0.5) is 19.1 Å². The number of ether oxygens (including phenoxy) is 1. The normalized spacial score (nSPS) is 11.3. The zero-order valence-electron chi connectivity index (χ0n) is 13.6. The Morgan fingerprint density at radius 3 is 2.41 bits per heavy atom. The average molecular weight is 441 g/mol. The Labute approximate surface area is 160 Å². The summed E-state index contributed by atoms with van der Waals surface area (Å²) >= 11 is 3.36. The third-order valence-corrected chi connectivity index (χ3v) is 3.90. The molecular weight excluding hydrogens is 429 g/mol. The van der Waals surface area contributed by atoms with Crippen LogP contribution in [-0.2, 0) is 6.54 Å². The summed E-state index contributed by atoms with van der Waals surface area (Å²) in [7, 11) is 0. The zero-order valence-corrected chi connectivity index (χ0v) is 15.2. The minimum atomic E-state index is -4.78. The summed E-state index contributed by atoms with van der Waals surface area (Å²) in [6, 6.07) is 12.2. The number of amides is 1. The van der Waals surface area contributed by atoms with Crippen LogP contribution >= 0.6 is 15.9 Å². The van der Waals surface area contributed by atoms with Crippen molar-refractivity contribution in [2.24, 2.45) is 0 Å². The van der Waals surface area contributed by atoms with Crippen molar-refractivity contribution >= 4 is 27.8 Å². The second-order valence-electron chi connectivity index (χ2n) is 5.42.